The SMILES string of the molecule is CCCCCCCCCC(C)(C(=O)O)C(=O)NC. The fourth-order valence-corrected chi connectivity index (χ4v) is 2.03. The van der Waals surface area contributed by atoms with Gasteiger partial charge in [-0.25, -0.2) is 0 Å². The number of aliphatic carboxylic acids is 1. The quantitative estimate of drug-likeness (QED) is 0.467. The summed E-state index contributed by atoms with van der Waals surface area (Å²) in [5.74, 6) is -1.44. The number of rotatable bonds is 10. The van der Waals surface area contributed by atoms with E-state index in [1.54, 1.807) is 0 Å². The van der Waals surface area contributed by atoms with Crippen LogP contribution in [0.2, 0.25) is 0 Å². The molecule has 0 fully saturated rings. The van der Waals surface area contributed by atoms with Crippen LogP contribution in [-0.2, 0) is 9.59 Å². The molecule has 4 nitrogen and oxygen atoms in total. The summed E-state index contributed by atoms with van der Waals surface area (Å²) in [5, 5.41) is 11.6. The predicted molar refractivity (Wildman–Crippen MR) is 72.4 cm³/mol. The molecule has 1 atom stereocenters. The van der Waals surface area contributed by atoms with Crippen molar-refractivity contribution in [1.29, 1.82) is 0 Å². The minimum atomic E-state index is -1.28. The molecular formula is C14H27NO3. The van der Waals surface area contributed by atoms with Gasteiger partial charge in [-0.05, 0) is 13.3 Å². The van der Waals surface area contributed by atoms with Gasteiger partial charge >= 0.3 is 5.97 Å². The maximum absolute atomic E-state index is 11.6. The van der Waals surface area contributed by atoms with Gasteiger partial charge < -0.3 is 10.4 Å². The molecule has 0 aliphatic heterocycles. The molecule has 1 unspecified atom stereocenters. The molecular weight excluding hydrogens is 230 g/mol. The first-order valence-electron chi connectivity index (χ1n) is 6.94. The molecule has 0 radical (unpaired) electrons. The van der Waals surface area contributed by atoms with Crippen LogP contribution in [0.5, 0.6) is 0 Å². The Labute approximate surface area is 110 Å². The van der Waals surface area contributed by atoms with Crippen LogP contribution < -0.4 is 5.32 Å². The lowest BCUT2D eigenvalue weighted by molar-refractivity contribution is -0.155. The molecule has 2 N–H and O–H groups in total. The molecule has 4 heteroatoms. The van der Waals surface area contributed by atoms with Gasteiger partial charge in [-0.15, -0.1) is 0 Å². The summed E-state index contributed by atoms with van der Waals surface area (Å²) in [7, 11) is 1.48. The van der Waals surface area contributed by atoms with E-state index in [0.29, 0.717) is 6.42 Å². The lowest BCUT2D eigenvalue weighted by atomic mass is 9.83. The molecule has 0 saturated carbocycles. The van der Waals surface area contributed by atoms with Gasteiger partial charge in [-0.2, -0.15) is 0 Å². The summed E-state index contributed by atoms with van der Waals surface area (Å²) in [6, 6.07) is 0. The van der Waals surface area contributed by atoms with Crippen molar-refractivity contribution in [1.82, 2.24) is 5.32 Å². The van der Waals surface area contributed by atoms with Crippen LogP contribution in [0, 0.1) is 5.41 Å². The number of carbonyl (C=O) groups excluding carboxylic acids is 1. The van der Waals surface area contributed by atoms with E-state index < -0.39 is 17.3 Å². The van der Waals surface area contributed by atoms with Crippen molar-refractivity contribution in [2.75, 3.05) is 7.05 Å². The summed E-state index contributed by atoms with van der Waals surface area (Å²) in [6.45, 7) is 3.69. The highest BCUT2D eigenvalue weighted by Gasteiger charge is 2.39. The lowest BCUT2D eigenvalue weighted by Gasteiger charge is -2.22. The minimum Gasteiger partial charge on any atom is -0.480 e. The van der Waals surface area contributed by atoms with E-state index in [2.05, 4.69) is 12.2 Å². The Morgan fingerprint density at radius 1 is 1.06 bits per heavy atom. The predicted octanol–water partition coefficient (Wildman–Crippen LogP) is 2.96. The molecule has 1 amide bonds. The molecule has 0 saturated heterocycles. The molecule has 0 bridgehead atoms. The van der Waals surface area contributed by atoms with Gasteiger partial charge in [0.05, 0.1) is 0 Å². The zero-order chi connectivity index (χ0) is 14.0. The zero-order valence-corrected chi connectivity index (χ0v) is 11.9. The highest BCUT2D eigenvalue weighted by atomic mass is 16.4. The van der Waals surface area contributed by atoms with Crippen molar-refractivity contribution >= 4 is 11.9 Å². The van der Waals surface area contributed by atoms with Gasteiger partial charge in [-0.3, -0.25) is 9.59 Å². The van der Waals surface area contributed by atoms with Crippen LogP contribution in [0.15, 0.2) is 0 Å². The van der Waals surface area contributed by atoms with E-state index in [9.17, 15) is 9.59 Å². The van der Waals surface area contributed by atoms with Gasteiger partial charge in [0, 0.05) is 7.05 Å². The van der Waals surface area contributed by atoms with Crippen LogP contribution >= 0.6 is 0 Å². The second-order valence-corrected chi connectivity index (χ2v) is 5.09. The average Bonchev–Trinajstić information content (AvgIpc) is 2.36. The van der Waals surface area contributed by atoms with Gasteiger partial charge in [0.25, 0.3) is 0 Å². The van der Waals surface area contributed by atoms with Gasteiger partial charge in [0.15, 0.2) is 0 Å². The van der Waals surface area contributed by atoms with Crippen LogP contribution in [0.25, 0.3) is 0 Å². The van der Waals surface area contributed by atoms with Crippen LogP contribution in [-0.4, -0.2) is 24.0 Å². The van der Waals surface area contributed by atoms with Crippen molar-refractivity contribution in [3.63, 3.8) is 0 Å². The van der Waals surface area contributed by atoms with Crippen LogP contribution in [0.3, 0.4) is 0 Å². The van der Waals surface area contributed by atoms with Crippen molar-refractivity contribution < 1.29 is 14.7 Å². The topological polar surface area (TPSA) is 66.4 Å². The van der Waals surface area contributed by atoms with E-state index >= 15 is 0 Å². The molecule has 0 aromatic carbocycles. The first kappa shape index (κ1) is 16.9. The number of unbranched alkanes of at least 4 members (excludes halogenated alkanes) is 6. The maximum Gasteiger partial charge on any atom is 0.318 e. The normalized spacial score (nSPS) is 13.9. The summed E-state index contributed by atoms with van der Waals surface area (Å²) >= 11 is 0. The summed E-state index contributed by atoms with van der Waals surface area (Å²) < 4.78 is 0. The summed E-state index contributed by atoms with van der Waals surface area (Å²) in [6.07, 6.45) is 8.30. The first-order valence-corrected chi connectivity index (χ1v) is 6.94. The molecule has 0 heterocycles. The van der Waals surface area contributed by atoms with E-state index in [1.807, 2.05) is 0 Å². The number of hydrogen-bond acceptors (Lipinski definition) is 2. The fourth-order valence-electron chi connectivity index (χ4n) is 2.03. The molecule has 0 aromatic heterocycles. The number of amides is 1. The molecule has 0 aliphatic rings. The molecule has 0 aliphatic carbocycles. The second-order valence-electron chi connectivity index (χ2n) is 5.09. The third-order valence-corrected chi connectivity index (χ3v) is 3.48. The Hall–Kier alpha value is -1.06. The summed E-state index contributed by atoms with van der Waals surface area (Å²) in [4.78, 5) is 22.8. The number of carbonyl (C=O) groups is 2. The Morgan fingerprint density at radius 2 is 1.56 bits per heavy atom. The third kappa shape index (κ3) is 5.52. The van der Waals surface area contributed by atoms with Crippen molar-refractivity contribution in [3.8, 4) is 0 Å². The Morgan fingerprint density at radius 3 is 2.00 bits per heavy atom. The zero-order valence-electron chi connectivity index (χ0n) is 11.9. The van der Waals surface area contributed by atoms with Crippen molar-refractivity contribution in [2.45, 2.75) is 65.2 Å². The van der Waals surface area contributed by atoms with Gasteiger partial charge in [0.2, 0.25) is 5.91 Å². The molecule has 0 rings (SSSR count). The van der Waals surface area contributed by atoms with E-state index in [-0.39, 0.29) is 0 Å². The fraction of sp³-hybridized carbons (Fsp3) is 0.857. The molecule has 18 heavy (non-hydrogen) atoms. The highest BCUT2D eigenvalue weighted by molar-refractivity contribution is 6.01. The standard InChI is InChI=1S/C14H27NO3/c1-4-5-6-7-8-9-10-11-14(2,13(17)18)12(16)15-3/h4-11H2,1-3H3,(H,15,16)(H,17,18). The van der Waals surface area contributed by atoms with Crippen LogP contribution in [0.1, 0.15) is 65.2 Å². The smallest absolute Gasteiger partial charge is 0.318 e. The van der Waals surface area contributed by atoms with Gasteiger partial charge in [-0.1, -0.05) is 51.9 Å². The first-order chi connectivity index (χ1) is 8.49. The Kier molecular flexibility index (Phi) is 8.42. The maximum atomic E-state index is 11.6. The highest BCUT2D eigenvalue weighted by Crippen LogP contribution is 2.25. The van der Waals surface area contributed by atoms with E-state index in [1.165, 1.54) is 39.7 Å². The molecule has 0 spiro atoms. The third-order valence-electron chi connectivity index (χ3n) is 3.48. The monoisotopic (exact) mass is 257 g/mol. The van der Waals surface area contributed by atoms with Gasteiger partial charge in [0.1, 0.15) is 5.41 Å². The molecule has 0 aromatic rings. The van der Waals surface area contributed by atoms with Crippen molar-refractivity contribution in [3.05, 3.63) is 0 Å². The Bertz CT molecular complexity index is 266. The number of hydrogen-bond donors (Lipinski definition) is 2. The van der Waals surface area contributed by atoms with Crippen LogP contribution in [0.4, 0.5) is 0 Å². The summed E-state index contributed by atoms with van der Waals surface area (Å²) in [5.41, 5.74) is -1.28. The lowest BCUT2D eigenvalue weighted by Crippen LogP contribution is -2.43. The minimum absolute atomic E-state index is 0.402. The average molecular weight is 257 g/mol. The number of carboxylic acid groups (broad SMARTS) is 1. The number of nitrogens with one attached hydrogen (secondary N) is 1. The van der Waals surface area contributed by atoms with E-state index in [0.717, 1.165) is 19.3 Å². The largest absolute Gasteiger partial charge is 0.480 e. The van der Waals surface area contributed by atoms with E-state index in [4.69, 9.17) is 5.11 Å². The molecule has 106 valence electrons. The van der Waals surface area contributed by atoms with Crippen molar-refractivity contribution in [2.24, 2.45) is 5.41 Å². The Balaban J connectivity index is 3.92. The second kappa shape index (κ2) is 8.95. The number of carboxylic acids is 1.